The first-order chi connectivity index (χ1) is 14.4. The molecule has 3 rings (SSSR count). The summed E-state index contributed by atoms with van der Waals surface area (Å²) in [6.07, 6.45) is -1.57. The van der Waals surface area contributed by atoms with Crippen molar-refractivity contribution in [2.45, 2.75) is 42.9 Å². The highest BCUT2D eigenvalue weighted by Gasteiger charge is 2.36. The molecule has 11 heteroatoms. The minimum atomic E-state index is -4.56. The summed E-state index contributed by atoms with van der Waals surface area (Å²) in [5, 5.41) is 2.70. The molecule has 1 saturated heterocycles. The maximum absolute atomic E-state index is 12.9. The molecule has 1 N–H and O–H groups in total. The quantitative estimate of drug-likeness (QED) is 0.707. The highest BCUT2D eigenvalue weighted by molar-refractivity contribution is 7.90. The molecular weight excluding hydrogens is 455 g/mol. The van der Waals surface area contributed by atoms with Crippen molar-refractivity contribution in [3.05, 3.63) is 52.7 Å². The van der Waals surface area contributed by atoms with Gasteiger partial charge >= 0.3 is 6.18 Å². The highest BCUT2D eigenvalue weighted by atomic mass is 35.5. The second-order valence-corrected chi connectivity index (χ2v) is 9.87. The van der Waals surface area contributed by atoms with Crippen LogP contribution in [0.5, 0.6) is 0 Å². The van der Waals surface area contributed by atoms with Crippen molar-refractivity contribution >= 4 is 33.2 Å². The highest BCUT2D eigenvalue weighted by Crippen LogP contribution is 2.35. The molecule has 2 atom stereocenters. The van der Waals surface area contributed by atoms with Gasteiger partial charge in [0.05, 0.1) is 21.5 Å². The Labute approximate surface area is 183 Å². The lowest BCUT2D eigenvalue weighted by Gasteiger charge is -2.27. The van der Waals surface area contributed by atoms with Crippen molar-refractivity contribution in [3.8, 4) is 0 Å². The number of nitrogens with one attached hydrogen (secondary N) is 1. The van der Waals surface area contributed by atoms with Gasteiger partial charge in [-0.25, -0.2) is 13.4 Å². The Bertz CT molecular complexity index is 1080. The second kappa shape index (κ2) is 8.66. The van der Waals surface area contributed by atoms with Gasteiger partial charge in [-0.1, -0.05) is 23.7 Å². The van der Waals surface area contributed by atoms with Gasteiger partial charge < -0.3 is 10.2 Å². The van der Waals surface area contributed by atoms with Crippen molar-refractivity contribution < 1.29 is 26.4 Å². The summed E-state index contributed by atoms with van der Waals surface area (Å²) in [7, 11) is -3.32. The molecular formula is C20H21ClF3N3O3S. The molecule has 0 saturated carbocycles. The van der Waals surface area contributed by atoms with E-state index in [1.54, 1.807) is 24.0 Å². The molecule has 1 aliphatic heterocycles. The molecule has 168 valence electrons. The van der Waals surface area contributed by atoms with E-state index in [-0.39, 0.29) is 21.6 Å². The van der Waals surface area contributed by atoms with Gasteiger partial charge in [-0.05, 0) is 43.5 Å². The number of hydrogen-bond donors (Lipinski definition) is 1. The number of amides is 1. The van der Waals surface area contributed by atoms with E-state index in [4.69, 9.17) is 11.6 Å². The average Bonchev–Trinajstić information content (AvgIpc) is 3.16. The number of anilines is 1. The number of nitrogens with zero attached hydrogens (tertiary/aromatic N) is 2. The summed E-state index contributed by atoms with van der Waals surface area (Å²) in [6, 6.07) is 5.98. The molecule has 31 heavy (non-hydrogen) atoms. The maximum Gasteiger partial charge on any atom is 0.417 e. The summed E-state index contributed by atoms with van der Waals surface area (Å²) < 4.78 is 61.8. The molecule has 0 unspecified atom stereocenters. The van der Waals surface area contributed by atoms with Crippen molar-refractivity contribution in [2.24, 2.45) is 0 Å². The number of carbonyl (C=O) groups excluding carboxylic acids is 1. The molecule has 1 aromatic carbocycles. The third kappa shape index (κ3) is 5.30. The predicted molar refractivity (Wildman–Crippen MR) is 111 cm³/mol. The summed E-state index contributed by atoms with van der Waals surface area (Å²) in [6.45, 7) is 2.20. The molecule has 0 bridgehead atoms. The number of rotatable bonds is 5. The molecule has 1 fully saturated rings. The van der Waals surface area contributed by atoms with Crippen LogP contribution in [0.25, 0.3) is 0 Å². The van der Waals surface area contributed by atoms with Crippen LogP contribution in [0.15, 0.2) is 41.4 Å². The molecule has 6 nitrogen and oxygen atoms in total. The Balaban J connectivity index is 1.74. The van der Waals surface area contributed by atoms with E-state index in [0.29, 0.717) is 25.6 Å². The fraction of sp³-hybridized carbons (Fsp3) is 0.400. The summed E-state index contributed by atoms with van der Waals surface area (Å²) in [4.78, 5) is 18.5. The van der Waals surface area contributed by atoms with Crippen LogP contribution >= 0.6 is 11.6 Å². The van der Waals surface area contributed by atoms with Crippen LogP contribution in [-0.4, -0.2) is 38.2 Å². The molecule has 2 aromatic rings. The number of alkyl halides is 3. The fourth-order valence-corrected chi connectivity index (χ4v) is 4.39. The van der Waals surface area contributed by atoms with Crippen LogP contribution in [0.2, 0.25) is 5.02 Å². The standard InChI is InChI=1S/C20H21ClF3N3O3S/c1-12(13-5-7-15(8-6-13)31(2,29)30)26-19(28)17-4-3-9-27(17)18-16(21)10-14(11-25-18)20(22,23)24/h5-8,10-12,17H,3-4,9H2,1-2H3,(H,26,28)/t12-,17+/m1/s1. The lowest BCUT2D eigenvalue weighted by atomic mass is 10.1. The van der Waals surface area contributed by atoms with E-state index in [2.05, 4.69) is 10.3 Å². The van der Waals surface area contributed by atoms with Gasteiger partial charge in [-0.2, -0.15) is 13.2 Å². The molecule has 0 radical (unpaired) electrons. The maximum atomic E-state index is 12.9. The van der Waals surface area contributed by atoms with Gasteiger partial charge in [0.15, 0.2) is 9.84 Å². The number of aromatic nitrogens is 1. The Morgan fingerprint density at radius 2 is 1.94 bits per heavy atom. The van der Waals surface area contributed by atoms with Gasteiger partial charge in [0.1, 0.15) is 11.9 Å². The number of carbonyl (C=O) groups is 1. The first-order valence-corrected chi connectivity index (χ1v) is 11.7. The first kappa shape index (κ1) is 23.3. The Morgan fingerprint density at radius 1 is 1.29 bits per heavy atom. The zero-order valence-electron chi connectivity index (χ0n) is 16.8. The fourth-order valence-electron chi connectivity index (χ4n) is 3.49. The first-order valence-electron chi connectivity index (χ1n) is 9.47. The molecule has 2 heterocycles. The molecule has 1 amide bonds. The topological polar surface area (TPSA) is 79.4 Å². The monoisotopic (exact) mass is 475 g/mol. The number of benzene rings is 1. The van der Waals surface area contributed by atoms with Gasteiger partial charge in [-0.15, -0.1) is 0 Å². The van der Waals surface area contributed by atoms with Gasteiger partial charge in [0.2, 0.25) is 5.91 Å². The second-order valence-electron chi connectivity index (χ2n) is 7.45. The zero-order chi connectivity index (χ0) is 23.0. The van der Waals surface area contributed by atoms with Gasteiger partial charge in [0, 0.05) is 19.0 Å². The SMILES string of the molecule is C[C@@H](NC(=O)[C@@H]1CCCN1c1ncc(C(F)(F)F)cc1Cl)c1ccc(S(C)(=O)=O)cc1. The smallest absolute Gasteiger partial charge is 0.348 e. The molecule has 0 spiro atoms. The van der Waals surface area contributed by atoms with Crippen LogP contribution < -0.4 is 10.2 Å². The number of halogens is 4. The number of sulfone groups is 1. The Hall–Kier alpha value is -2.33. The van der Waals surface area contributed by atoms with Crippen LogP contribution in [-0.2, 0) is 20.8 Å². The van der Waals surface area contributed by atoms with E-state index in [9.17, 15) is 26.4 Å². The lowest BCUT2D eigenvalue weighted by molar-refractivity contribution is -0.137. The summed E-state index contributed by atoms with van der Waals surface area (Å²) in [5.41, 5.74) is -0.233. The summed E-state index contributed by atoms with van der Waals surface area (Å²) in [5.74, 6) is -0.174. The van der Waals surface area contributed by atoms with Crippen LogP contribution in [0.3, 0.4) is 0 Å². The third-order valence-electron chi connectivity index (χ3n) is 5.14. The van der Waals surface area contributed by atoms with E-state index < -0.39 is 33.7 Å². The number of pyridine rings is 1. The predicted octanol–water partition coefficient (Wildman–Crippen LogP) is 4.00. The number of hydrogen-bond acceptors (Lipinski definition) is 5. The normalized spacial score (nSPS) is 18.1. The largest absolute Gasteiger partial charge is 0.417 e. The van der Waals surface area contributed by atoms with Crippen molar-refractivity contribution in [1.82, 2.24) is 10.3 Å². The van der Waals surface area contributed by atoms with Gasteiger partial charge in [-0.3, -0.25) is 4.79 Å². The van der Waals surface area contributed by atoms with E-state index in [1.807, 2.05) is 0 Å². The van der Waals surface area contributed by atoms with E-state index >= 15 is 0 Å². The van der Waals surface area contributed by atoms with Crippen LogP contribution in [0.1, 0.15) is 36.9 Å². The average molecular weight is 476 g/mol. The molecule has 0 aliphatic carbocycles. The summed E-state index contributed by atoms with van der Waals surface area (Å²) >= 11 is 6.05. The third-order valence-corrected chi connectivity index (χ3v) is 6.55. The zero-order valence-corrected chi connectivity index (χ0v) is 18.4. The molecule has 1 aromatic heterocycles. The lowest BCUT2D eigenvalue weighted by Crippen LogP contribution is -2.44. The van der Waals surface area contributed by atoms with Crippen LogP contribution in [0, 0.1) is 0 Å². The van der Waals surface area contributed by atoms with Crippen LogP contribution in [0.4, 0.5) is 19.0 Å². The van der Waals surface area contributed by atoms with Crippen molar-refractivity contribution in [3.63, 3.8) is 0 Å². The van der Waals surface area contributed by atoms with E-state index in [0.717, 1.165) is 17.9 Å². The Kier molecular flexibility index (Phi) is 6.52. The van der Waals surface area contributed by atoms with E-state index in [1.165, 1.54) is 12.1 Å². The van der Waals surface area contributed by atoms with Crippen molar-refractivity contribution in [2.75, 3.05) is 17.7 Å². The Morgan fingerprint density at radius 3 is 2.48 bits per heavy atom. The van der Waals surface area contributed by atoms with Gasteiger partial charge in [0.25, 0.3) is 0 Å². The molecule has 1 aliphatic rings. The minimum absolute atomic E-state index is 0.137. The van der Waals surface area contributed by atoms with Crippen molar-refractivity contribution in [1.29, 1.82) is 0 Å². The minimum Gasteiger partial charge on any atom is -0.348 e.